The van der Waals surface area contributed by atoms with Crippen LogP contribution in [0.15, 0.2) is 92.8 Å². The Balaban J connectivity index is 1.78. The molecule has 2 aliphatic rings. The van der Waals surface area contributed by atoms with E-state index in [1.54, 1.807) is 24.3 Å². The van der Waals surface area contributed by atoms with E-state index in [9.17, 15) is 8.78 Å². The Morgan fingerprint density at radius 3 is 1.84 bits per heavy atom. The van der Waals surface area contributed by atoms with Gasteiger partial charge >= 0.3 is 193 Å². The van der Waals surface area contributed by atoms with Gasteiger partial charge in [0.15, 0.2) is 0 Å². The minimum absolute atomic E-state index is 0.308. The molecule has 2 aliphatic carbocycles. The van der Waals surface area contributed by atoms with Crippen LogP contribution in [0.25, 0.3) is 0 Å². The van der Waals surface area contributed by atoms with Crippen molar-refractivity contribution in [3.05, 3.63) is 104 Å². The first-order chi connectivity index (χ1) is 14.9. The summed E-state index contributed by atoms with van der Waals surface area (Å²) in [6.07, 6.45) is 9.72. The summed E-state index contributed by atoms with van der Waals surface area (Å²) in [7, 11) is -0.779. The summed E-state index contributed by atoms with van der Waals surface area (Å²) >= 11 is -3.26. The molecule has 157 valence electrons. The molecular weight excluding hydrogens is 490 g/mol. The summed E-state index contributed by atoms with van der Waals surface area (Å²) in [5, 5.41) is 1.31. The van der Waals surface area contributed by atoms with Gasteiger partial charge in [0.2, 0.25) is 0 Å². The molecule has 6 heteroatoms. The fourth-order valence-corrected chi connectivity index (χ4v) is 11.3. The fraction of sp³-hybridized carbons (Fsp3) is 0.160. The zero-order valence-corrected chi connectivity index (χ0v) is 21.2. The first-order valence-electron chi connectivity index (χ1n) is 10.1. The molecule has 0 fully saturated rings. The van der Waals surface area contributed by atoms with Gasteiger partial charge in [-0.1, -0.05) is 0 Å². The van der Waals surface area contributed by atoms with Crippen LogP contribution in [-0.2, 0) is 22.6 Å². The molecule has 0 amide bonds. The van der Waals surface area contributed by atoms with Crippen LogP contribution in [-0.4, -0.2) is 13.6 Å². The molecule has 0 saturated carbocycles. The standard InChI is InChI=1S/C13H15Si.2C6H5FO.Zr/c1-10-4-5-11(8-10)12-6-7-13(9-12)14(2)3;2*7-5-1-3-6(8)4-2-5;/h4,6-8H,5H2,1-3H3;2*1-4,8H;/q;;;+2/p-2. The van der Waals surface area contributed by atoms with Crippen molar-refractivity contribution in [3.63, 3.8) is 0 Å². The molecule has 0 atom stereocenters. The maximum absolute atomic E-state index is 13.4. The summed E-state index contributed by atoms with van der Waals surface area (Å²) in [6.45, 7) is 6.63. The van der Waals surface area contributed by atoms with Crippen molar-refractivity contribution < 1.29 is 37.0 Å². The molecule has 2 aromatic rings. The summed E-state index contributed by atoms with van der Waals surface area (Å²) in [6, 6.07) is 12.1. The van der Waals surface area contributed by atoms with E-state index >= 15 is 0 Å². The van der Waals surface area contributed by atoms with E-state index in [0.29, 0.717) is 11.5 Å². The third-order valence-corrected chi connectivity index (χ3v) is 11.6. The predicted molar refractivity (Wildman–Crippen MR) is 119 cm³/mol. The molecule has 0 N–H and O–H groups in total. The second-order valence-corrected chi connectivity index (χ2v) is 13.9. The van der Waals surface area contributed by atoms with Gasteiger partial charge in [0.25, 0.3) is 0 Å². The van der Waals surface area contributed by atoms with E-state index in [2.05, 4.69) is 44.3 Å². The van der Waals surface area contributed by atoms with Crippen molar-refractivity contribution >= 4 is 13.6 Å². The van der Waals surface area contributed by atoms with Crippen molar-refractivity contribution in [3.8, 4) is 11.5 Å². The molecule has 4 rings (SSSR count). The van der Waals surface area contributed by atoms with Crippen molar-refractivity contribution in [1.82, 2.24) is 0 Å². The van der Waals surface area contributed by atoms with Crippen LogP contribution < -0.4 is 5.63 Å². The zero-order chi connectivity index (χ0) is 22.0. The van der Waals surface area contributed by atoms with Gasteiger partial charge in [-0.05, 0) is 0 Å². The van der Waals surface area contributed by atoms with Crippen molar-refractivity contribution in [1.29, 1.82) is 0 Å². The van der Waals surface area contributed by atoms with Crippen LogP contribution in [0.1, 0.15) is 13.3 Å². The average Bonchev–Trinajstić information content (AvgIpc) is 3.37. The first kappa shape index (κ1) is 22.0. The zero-order valence-electron chi connectivity index (χ0n) is 17.7. The van der Waals surface area contributed by atoms with Crippen molar-refractivity contribution in [2.45, 2.75) is 26.4 Å². The number of halogens is 2. The monoisotopic (exact) mass is 511 g/mol. The Kier molecular flexibility index (Phi) is 6.78. The van der Waals surface area contributed by atoms with Crippen molar-refractivity contribution in [2.75, 3.05) is 0 Å². The molecule has 0 aromatic heterocycles. The van der Waals surface area contributed by atoms with E-state index < -0.39 is 31.0 Å². The molecule has 0 spiro atoms. The number of allylic oxidation sites excluding steroid dienone is 8. The van der Waals surface area contributed by atoms with Crippen LogP contribution in [0.4, 0.5) is 8.78 Å². The Bertz CT molecular complexity index is 1090. The van der Waals surface area contributed by atoms with Gasteiger partial charge in [-0.3, -0.25) is 0 Å². The number of hydrogen-bond donors (Lipinski definition) is 0. The molecule has 0 heterocycles. The van der Waals surface area contributed by atoms with Gasteiger partial charge in [-0.25, -0.2) is 0 Å². The Morgan fingerprint density at radius 1 is 0.839 bits per heavy atom. The molecule has 0 saturated heterocycles. The van der Waals surface area contributed by atoms with Crippen LogP contribution in [0.5, 0.6) is 11.5 Å². The summed E-state index contributed by atoms with van der Waals surface area (Å²) in [4.78, 5) is 0. The van der Waals surface area contributed by atoms with Gasteiger partial charge in [0.05, 0.1) is 0 Å². The van der Waals surface area contributed by atoms with Crippen molar-refractivity contribution in [2.24, 2.45) is 0 Å². The average molecular weight is 513 g/mol. The van der Waals surface area contributed by atoms with Gasteiger partial charge < -0.3 is 0 Å². The first-order valence-corrected chi connectivity index (χ1v) is 15.9. The normalized spacial score (nSPS) is 15.2. The van der Waals surface area contributed by atoms with Crippen LogP contribution in [0.2, 0.25) is 13.1 Å². The quantitative estimate of drug-likeness (QED) is 0.413. The number of hydrogen-bond acceptors (Lipinski definition) is 2. The molecule has 0 unspecified atom stereocenters. The van der Waals surface area contributed by atoms with E-state index in [-0.39, 0.29) is 11.6 Å². The van der Waals surface area contributed by atoms with E-state index in [1.807, 2.05) is 0 Å². The predicted octanol–water partition coefficient (Wildman–Crippen LogP) is 6.48. The van der Waals surface area contributed by atoms with Gasteiger partial charge in [-0.2, -0.15) is 0 Å². The summed E-state index contributed by atoms with van der Waals surface area (Å²) < 4.78 is 41.0. The minimum atomic E-state index is -3.26. The van der Waals surface area contributed by atoms with Crippen LogP contribution >= 0.6 is 0 Å². The Hall–Kier alpha value is -2.17. The topological polar surface area (TPSA) is 18.5 Å². The van der Waals surface area contributed by atoms with Crippen LogP contribution in [0, 0.1) is 11.6 Å². The fourth-order valence-electron chi connectivity index (χ4n) is 3.58. The Morgan fingerprint density at radius 2 is 1.39 bits per heavy atom. The number of rotatable bonds is 6. The SMILES string of the molecule is CC1=CCC(C2=[C]([Zr]([O]c3ccc(F)cc3)[O]c3ccc(F)cc3)C(=[Si](C)C)C=C2)=C1. The maximum atomic E-state index is 13.4. The Labute approximate surface area is 192 Å². The molecular formula is C25H23F2O2SiZr. The summed E-state index contributed by atoms with van der Waals surface area (Å²) in [5.74, 6) is 0.562. The third kappa shape index (κ3) is 5.19. The molecule has 2 nitrogen and oxygen atoms in total. The van der Waals surface area contributed by atoms with Gasteiger partial charge in [0, 0.05) is 0 Å². The number of benzene rings is 2. The molecule has 0 radical (unpaired) electrons. The molecule has 2 aromatic carbocycles. The second kappa shape index (κ2) is 9.54. The van der Waals surface area contributed by atoms with E-state index in [4.69, 9.17) is 5.63 Å². The van der Waals surface area contributed by atoms with Gasteiger partial charge in [0.1, 0.15) is 0 Å². The molecule has 31 heavy (non-hydrogen) atoms. The van der Waals surface area contributed by atoms with Crippen LogP contribution in [0.3, 0.4) is 0 Å². The molecule has 0 aliphatic heterocycles. The second-order valence-electron chi connectivity index (χ2n) is 7.76. The third-order valence-electron chi connectivity index (χ3n) is 5.14. The molecule has 0 bridgehead atoms. The van der Waals surface area contributed by atoms with E-state index in [0.717, 1.165) is 6.42 Å². The van der Waals surface area contributed by atoms with Gasteiger partial charge in [-0.15, -0.1) is 0 Å². The van der Waals surface area contributed by atoms with E-state index in [1.165, 1.54) is 49.4 Å². The summed E-state index contributed by atoms with van der Waals surface area (Å²) in [5.41, 5.74) is 3.71.